The zero-order valence-corrected chi connectivity index (χ0v) is 28.8. The van der Waals surface area contributed by atoms with Crippen molar-refractivity contribution < 1.29 is 24.2 Å². The molecule has 1 amide bonds. The van der Waals surface area contributed by atoms with Crippen LogP contribution in [-0.4, -0.2) is 40.8 Å². The fourth-order valence-electron chi connectivity index (χ4n) is 11.4. The molecule has 1 spiro atoms. The van der Waals surface area contributed by atoms with Gasteiger partial charge in [0.15, 0.2) is 0 Å². The molecule has 1 aromatic rings. The van der Waals surface area contributed by atoms with E-state index in [2.05, 4.69) is 39.9 Å². The Morgan fingerprint density at radius 3 is 2.49 bits per heavy atom. The monoisotopic (exact) mass is 621 g/mol. The van der Waals surface area contributed by atoms with E-state index >= 15 is 0 Å². The predicted octanol–water partition coefficient (Wildman–Crippen LogP) is 7.99. The normalized spacial score (nSPS) is 39.5. The van der Waals surface area contributed by atoms with Gasteiger partial charge in [-0.15, -0.1) is 0 Å². The van der Waals surface area contributed by atoms with E-state index in [1.165, 1.54) is 51.4 Å². The van der Waals surface area contributed by atoms with Crippen molar-refractivity contribution in [3.8, 4) is 5.75 Å². The highest BCUT2D eigenvalue weighted by atomic mass is 16.6. The largest absolute Gasteiger partial charge is 0.508 e. The van der Waals surface area contributed by atoms with Crippen LogP contribution in [0.1, 0.15) is 124 Å². The Hall–Kier alpha value is -2.08. The minimum Gasteiger partial charge on any atom is -0.508 e. The van der Waals surface area contributed by atoms with Gasteiger partial charge in [-0.2, -0.15) is 0 Å². The van der Waals surface area contributed by atoms with E-state index in [1.807, 2.05) is 0 Å². The molecule has 0 aromatic heterocycles. The Bertz CT molecular complexity index is 1230. The molecule has 1 heterocycles. The first-order chi connectivity index (χ1) is 21.4. The maximum Gasteiger partial charge on any atom is 0.329 e. The lowest BCUT2D eigenvalue weighted by molar-refractivity contribution is -0.163. The molecule has 0 bridgehead atoms. The number of ether oxygens (including phenoxy) is 2. The number of nitrogens with one attached hydrogen (secondary N) is 1. The third-order valence-corrected chi connectivity index (χ3v) is 13.8. The Morgan fingerprint density at radius 2 is 1.78 bits per heavy atom. The highest BCUT2D eigenvalue weighted by molar-refractivity contribution is 5.84. The van der Waals surface area contributed by atoms with Gasteiger partial charge >= 0.3 is 5.97 Å². The van der Waals surface area contributed by atoms with Crippen molar-refractivity contribution in [3.63, 3.8) is 0 Å². The maximum atomic E-state index is 13.5. The van der Waals surface area contributed by atoms with Crippen LogP contribution in [0.3, 0.4) is 0 Å². The molecule has 1 aromatic carbocycles. The Labute approximate surface area is 271 Å². The van der Waals surface area contributed by atoms with Gasteiger partial charge in [-0.1, -0.05) is 72.9 Å². The number of carbonyl (C=O) groups is 2. The molecule has 5 aliphatic rings. The maximum absolute atomic E-state index is 13.5. The first-order valence-corrected chi connectivity index (χ1v) is 18.4. The van der Waals surface area contributed by atoms with E-state index in [4.69, 9.17) is 9.47 Å². The number of phenolic OH excluding ortho intramolecular Hbond substituents is 1. The van der Waals surface area contributed by atoms with Crippen LogP contribution >= 0.6 is 0 Å². The number of hydrogen-bond donors (Lipinski definition) is 2. The standard InChI is InChI=1S/C39H59NO5/c1-7-35(42)40-33(21-26-11-13-27(41)14-12-26)36(43)44-28-17-20-38(6)32-18-19-37(5)30(25(4)10-8-9-24(2)3)15-16-31(37)29(32)22-34-39(38,23-28)45-34/h11-14,24-25,28-34,41H,7-10,15-23H2,1-6H3,(H,40,42)/t25?,28-,29?,30+,31?,32?,33?,34-,37+,38+,39-/m0/s1. The highest BCUT2D eigenvalue weighted by Gasteiger charge is 2.76. The van der Waals surface area contributed by atoms with Crippen LogP contribution in [0.15, 0.2) is 24.3 Å². The average Bonchev–Trinajstić information content (AvgIpc) is 3.58. The van der Waals surface area contributed by atoms with Crippen molar-refractivity contribution in [2.75, 3.05) is 0 Å². The smallest absolute Gasteiger partial charge is 0.329 e. The molecule has 6 rings (SSSR count). The van der Waals surface area contributed by atoms with Crippen LogP contribution in [0.5, 0.6) is 5.75 Å². The van der Waals surface area contributed by atoms with Gasteiger partial charge < -0.3 is 19.9 Å². The van der Waals surface area contributed by atoms with Crippen LogP contribution in [0.4, 0.5) is 0 Å². The van der Waals surface area contributed by atoms with Gasteiger partial charge in [0.1, 0.15) is 23.5 Å². The van der Waals surface area contributed by atoms with Gasteiger partial charge in [0.2, 0.25) is 5.91 Å². The number of carbonyl (C=O) groups excluding carboxylic acids is 2. The lowest BCUT2D eigenvalue weighted by Gasteiger charge is -2.59. The number of fused-ring (bicyclic) bond motifs is 4. The molecule has 6 heteroatoms. The molecule has 250 valence electrons. The van der Waals surface area contributed by atoms with E-state index < -0.39 is 6.04 Å². The molecule has 1 aliphatic heterocycles. The fraction of sp³-hybridized carbons (Fsp3) is 0.795. The summed E-state index contributed by atoms with van der Waals surface area (Å²) in [5.74, 6) is 4.36. The number of amides is 1. The van der Waals surface area contributed by atoms with Gasteiger partial charge in [0, 0.05) is 24.7 Å². The van der Waals surface area contributed by atoms with Gasteiger partial charge in [-0.05, 0) is 104 Å². The van der Waals surface area contributed by atoms with Gasteiger partial charge in [0.05, 0.1) is 6.10 Å². The minimum atomic E-state index is -0.751. The number of epoxide rings is 1. The van der Waals surface area contributed by atoms with Crippen LogP contribution in [0.2, 0.25) is 0 Å². The number of phenols is 1. The van der Waals surface area contributed by atoms with E-state index in [9.17, 15) is 14.7 Å². The fourth-order valence-corrected chi connectivity index (χ4v) is 11.4. The summed E-state index contributed by atoms with van der Waals surface area (Å²) < 4.78 is 13.0. The van der Waals surface area contributed by atoms with Crippen LogP contribution in [-0.2, 0) is 25.5 Å². The third-order valence-electron chi connectivity index (χ3n) is 13.8. The topological polar surface area (TPSA) is 88.2 Å². The molecule has 11 atom stereocenters. The highest BCUT2D eigenvalue weighted by Crippen LogP contribution is 2.74. The van der Waals surface area contributed by atoms with E-state index in [0.717, 1.165) is 54.4 Å². The molecule has 5 unspecified atom stereocenters. The van der Waals surface area contributed by atoms with Crippen molar-refractivity contribution in [2.45, 2.75) is 149 Å². The third kappa shape index (κ3) is 5.95. The lowest BCUT2D eigenvalue weighted by Crippen LogP contribution is -2.59. The molecule has 1 saturated heterocycles. The number of esters is 1. The van der Waals surface area contributed by atoms with Crippen LogP contribution in [0, 0.1) is 46.3 Å². The van der Waals surface area contributed by atoms with Crippen molar-refractivity contribution in [1.29, 1.82) is 0 Å². The summed E-state index contributed by atoms with van der Waals surface area (Å²) in [5.41, 5.74) is 1.29. The molecule has 4 saturated carbocycles. The van der Waals surface area contributed by atoms with E-state index in [1.54, 1.807) is 31.2 Å². The predicted molar refractivity (Wildman–Crippen MR) is 176 cm³/mol. The van der Waals surface area contributed by atoms with E-state index in [0.29, 0.717) is 24.2 Å². The molecule has 2 N–H and O–H groups in total. The molecule has 4 aliphatic carbocycles. The molecular formula is C39H59NO5. The van der Waals surface area contributed by atoms with Crippen LogP contribution in [0.25, 0.3) is 0 Å². The summed E-state index contributed by atoms with van der Waals surface area (Å²) in [7, 11) is 0. The molecule has 0 radical (unpaired) electrons. The average molecular weight is 622 g/mol. The number of benzene rings is 1. The molecule has 5 fully saturated rings. The molecular weight excluding hydrogens is 562 g/mol. The van der Waals surface area contributed by atoms with Crippen molar-refractivity contribution in [1.82, 2.24) is 5.32 Å². The number of aromatic hydroxyl groups is 1. The SMILES string of the molecule is CCC(=O)NC(Cc1ccc(O)cc1)C(=O)O[C@H]1CC[C@]2(C)C3CC[C@@]4(C)C(CC[C@@H]4C(C)CCCC(C)C)C3C[C@@H]3O[C@@]32C1. The summed E-state index contributed by atoms with van der Waals surface area (Å²) in [4.78, 5) is 25.9. The minimum absolute atomic E-state index is 0.133. The number of hydrogen-bond acceptors (Lipinski definition) is 5. The first-order valence-electron chi connectivity index (χ1n) is 18.4. The first kappa shape index (κ1) is 32.8. The van der Waals surface area contributed by atoms with Crippen LogP contribution < -0.4 is 5.32 Å². The second-order valence-corrected chi connectivity index (χ2v) is 16.7. The summed E-state index contributed by atoms with van der Waals surface area (Å²) in [6.45, 7) is 14.2. The lowest BCUT2D eigenvalue weighted by atomic mass is 9.44. The Balaban J connectivity index is 1.11. The second-order valence-electron chi connectivity index (χ2n) is 16.7. The summed E-state index contributed by atoms with van der Waals surface area (Å²) >= 11 is 0. The molecule has 6 nitrogen and oxygen atoms in total. The second kappa shape index (κ2) is 12.5. The van der Waals surface area contributed by atoms with Gasteiger partial charge in [-0.25, -0.2) is 4.79 Å². The van der Waals surface area contributed by atoms with Gasteiger partial charge in [0.25, 0.3) is 0 Å². The van der Waals surface area contributed by atoms with Crippen molar-refractivity contribution in [2.24, 2.45) is 46.3 Å². The zero-order chi connectivity index (χ0) is 32.1. The molecule has 45 heavy (non-hydrogen) atoms. The quantitative estimate of drug-likeness (QED) is 0.193. The zero-order valence-electron chi connectivity index (χ0n) is 28.8. The summed E-state index contributed by atoms with van der Waals surface area (Å²) in [6, 6.07) is 6.04. The van der Waals surface area contributed by atoms with Crippen molar-refractivity contribution >= 4 is 11.9 Å². The summed E-state index contributed by atoms with van der Waals surface area (Å²) in [6.07, 6.45) is 14.1. The van der Waals surface area contributed by atoms with Gasteiger partial charge in [-0.3, -0.25) is 4.79 Å². The van der Waals surface area contributed by atoms with Crippen molar-refractivity contribution in [3.05, 3.63) is 29.8 Å². The van der Waals surface area contributed by atoms with E-state index in [-0.39, 0.29) is 40.8 Å². The Morgan fingerprint density at radius 1 is 1.02 bits per heavy atom. The summed E-state index contributed by atoms with van der Waals surface area (Å²) in [5, 5.41) is 12.6. The number of rotatable bonds is 11. The Kier molecular flexibility index (Phi) is 9.13.